The summed E-state index contributed by atoms with van der Waals surface area (Å²) in [6.07, 6.45) is 2.22. The average Bonchev–Trinajstić information content (AvgIpc) is 2.91. The molecule has 1 aliphatic rings. The molecule has 0 aliphatic carbocycles. The molecule has 5 nitrogen and oxygen atoms in total. The van der Waals surface area contributed by atoms with Gasteiger partial charge in [-0.2, -0.15) is 5.26 Å². The number of sulfonamides is 1. The predicted octanol–water partition coefficient (Wildman–Crippen LogP) is 2.47. The molecule has 1 aromatic carbocycles. The Labute approximate surface area is 131 Å². The summed E-state index contributed by atoms with van der Waals surface area (Å²) in [6, 6.07) is 9.75. The van der Waals surface area contributed by atoms with E-state index in [9.17, 15) is 8.42 Å². The molecule has 106 valence electrons. The van der Waals surface area contributed by atoms with Crippen LogP contribution in [0.25, 0.3) is 0 Å². The number of hydrogen-bond acceptors (Lipinski definition) is 4. The van der Waals surface area contributed by atoms with E-state index in [2.05, 4.69) is 20.9 Å². The zero-order valence-electron chi connectivity index (χ0n) is 10.8. The number of nitrogens with zero attached hydrogens (tertiary/aromatic N) is 3. The molecule has 21 heavy (non-hydrogen) atoms. The molecule has 2 heterocycles. The van der Waals surface area contributed by atoms with Crippen LogP contribution >= 0.6 is 15.9 Å². The van der Waals surface area contributed by atoms with Gasteiger partial charge in [-0.1, -0.05) is 0 Å². The summed E-state index contributed by atoms with van der Waals surface area (Å²) >= 11 is 3.33. The van der Waals surface area contributed by atoms with Gasteiger partial charge in [-0.25, -0.2) is 17.7 Å². The first-order valence-corrected chi connectivity index (χ1v) is 8.43. The van der Waals surface area contributed by atoms with E-state index in [1.807, 2.05) is 12.1 Å². The first-order chi connectivity index (χ1) is 10.0. The molecule has 0 fully saturated rings. The number of fused-ring (bicyclic) bond motifs is 1. The zero-order chi connectivity index (χ0) is 15.0. The minimum atomic E-state index is -3.64. The van der Waals surface area contributed by atoms with Crippen LogP contribution in [0.1, 0.15) is 11.1 Å². The van der Waals surface area contributed by atoms with Crippen molar-refractivity contribution in [3.63, 3.8) is 0 Å². The first-order valence-electron chi connectivity index (χ1n) is 6.20. The van der Waals surface area contributed by atoms with Gasteiger partial charge in [0.05, 0.1) is 16.5 Å². The maximum atomic E-state index is 12.7. The maximum Gasteiger partial charge on any atom is 0.265 e. The summed E-state index contributed by atoms with van der Waals surface area (Å²) in [6.45, 7) is 0.376. The number of hydrogen-bond donors (Lipinski definition) is 0. The molecular weight excluding hydrogens is 354 g/mol. The Kier molecular flexibility index (Phi) is 3.43. The van der Waals surface area contributed by atoms with Gasteiger partial charge in [0.25, 0.3) is 10.0 Å². The molecule has 0 atom stereocenters. The normalized spacial score (nSPS) is 13.8. The molecule has 0 spiro atoms. The molecule has 0 bridgehead atoms. The van der Waals surface area contributed by atoms with Gasteiger partial charge < -0.3 is 0 Å². The van der Waals surface area contributed by atoms with E-state index in [4.69, 9.17) is 5.26 Å². The van der Waals surface area contributed by atoms with E-state index < -0.39 is 10.0 Å². The van der Waals surface area contributed by atoms with Crippen molar-refractivity contribution in [1.82, 2.24) is 4.98 Å². The molecule has 1 aromatic heterocycles. The summed E-state index contributed by atoms with van der Waals surface area (Å²) in [5.41, 5.74) is 1.33. The van der Waals surface area contributed by atoms with Crippen LogP contribution in [-0.2, 0) is 16.4 Å². The Balaban J connectivity index is 2.03. The second-order valence-electron chi connectivity index (χ2n) is 4.60. The number of rotatable bonds is 2. The van der Waals surface area contributed by atoms with Gasteiger partial charge in [0.1, 0.15) is 5.82 Å². The fourth-order valence-corrected chi connectivity index (χ4v) is 4.11. The van der Waals surface area contributed by atoms with Crippen molar-refractivity contribution in [1.29, 1.82) is 5.26 Å². The van der Waals surface area contributed by atoms with E-state index in [-0.39, 0.29) is 4.90 Å². The molecule has 0 N–H and O–H groups in total. The van der Waals surface area contributed by atoms with Crippen LogP contribution in [0.2, 0.25) is 0 Å². The van der Waals surface area contributed by atoms with Crippen LogP contribution < -0.4 is 4.31 Å². The number of nitriles is 1. The molecule has 0 unspecified atom stereocenters. The third kappa shape index (κ3) is 2.41. The summed E-state index contributed by atoms with van der Waals surface area (Å²) in [7, 11) is -3.64. The Morgan fingerprint density at radius 1 is 1.29 bits per heavy atom. The SMILES string of the molecule is N#Cc1ccc(S(=O)(=O)N2CCc3cc(Br)cnc32)cc1. The van der Waals surface area contributed by atoms with Gasteiger partial charge in [-0.15, -0.1) is 0 Å². The van der Waals surface area contributed by atoms with E-state index in [1.165, 1.54) is 28.6 Å². The quantitative estimate of drug-likeness (QED) is 0.821. The highest BCUT2D eigenvalue weighted by Gasteiger charge is 2.32. The lowest BCUT2D eigenvalue weighted by Crippen LogP contribution is -2.29. The summed E-state index contributed by atoms with van der Waals surface area (Å²) in [4.78, 5) is 4.38. The maximum absolute atomic E-state index is 12.7. The molecule has 0 amide bonds. The van der Waals surface area contributed by atoms with Crippen molar-refractivity contribution in [3.8, 4) is 6.07 Å². The second kappa shape index (κ2) is 5.13. The lowest BCUT2D eigenvalue weighted by atomic mass is 10.2. The minimum absolute atomic E-state index is 0.166. The molecule has 0 saturated carbocycles. The summed E-state index contributed by atoms with van der Waals surface area (Å²) < 4.78 is 27.5. The van der Waals surface area contributed by atoms with Gasteiger partial charge in [0.2, 0.25) is 0 Å². The Bertz CT molecular complexity index is 842. The van der Waals surface area contributed by atoms with Gasteiger partial charge in [0, 0.05) is 17.2 Å². The Morgan fingerprint density at radius 2 is 2.00 bits per heavy atom. The largest absolute Gasteiger partial charge is 0.265 e. The average molecular weight is 364 g/mol. The second-order valence-corrected chi connectivity index (χ2v) is 7.38. The highest BCUT2D eigenvalue weighted by atomic mass is 79.9. The van der Waals surface area contributed by atoms with Crippen molar-refractivity contribution in [2.75, 3.05) is 10.8 Å². The monoisotopic (exact) mass is 363 g/mol. The number of pyridine rings is 1. The fraction of sp³-hybridized carbons (Fsp3) is 0.143. The fourth-order valence-electron chi connectivity index (χ4n) is 2.27. The van der Waals surface area contributed by atoms with Crippen molar-refractivity contribution < 1.29 is 8.42 Å². The first kappa shape index (κ1) is 14.0. The number of benzene rings is 1. The van der Waals surface area contributed by atoms with E-state index in [0.29, 0.717) is 24.3 Å². The van der Waals surface area contributed by atoms with Crippen molar-refractivity contribution in [2.24, 2.45) is 0 Å². The lowest BCUT2D eigenvalue weighted by Gasteiger charge is -2.18. The third-order valence-electron chi connectivity index (χ3n) is 3.30. The summed E-state index contributed by atoms with van der Waals surface area (Å²) in [5.74, 6) is 0.475. The van der Waals surface area contributed by atoms with E-state index >= 15 is 0 Å². The van der Waals surface area contributed by atoms with Gasteiger partial charge in [-0.3, -0.25) is 0 Å². The molecule has 0 radical (unpaired) electrons. The highest BCUT2D eigenvalue weighted by molar-refractivity contribution is 9.10. The van der Waals surface area contributed by atoms with Gasteiger partial charge in [0.15, 0.2) is 0 Å². The Morgan fingerprint density at radius 3 is 2.67 bits per heavy atom. The van der Waals surface area contributed by atoms with Crippen LogP contribution in [0.5, 0.6) is 0 Å². The van der Waals surface area contributed by atoms with Gasteiger partial charge >= 0.3 is 0 Å². The van der Waals surface area contributed by atoms with Crippen LogP contribution in [0.15, 0.2) is 45.9 Å². The Hall–Kier alpha value is -1.91. The van der Waals surface area contributed by atoms with Crippen LogP contribution in [-0.4, -0.2) is 19.9 Å². The van der Waals surface area contributed by atoms with Crippen molar-refractivity contribution in [3.05, 3.63) is 52.1 Å². The topological polar surface area (TPSA) is 74.1 Å². The number of anilines is 1. The van der Waals surface area contributed by atoms with E-state index in [1.54, 1.807) is 6.20 Å². The van der Waals surface area contributed by atoms with Crippen LogP contribution in [0.3, 0.4) is 0 Å². The van der Waals surface area contributed by atoms with Crippen molar-refractivity contribution in [2.45, 2.75) is 11.3 Å². The molecule has 2 aromatic rings. The smallest absolute Gasteiger partial charge is 0.249 e. The number of halogens is 1. The molecule has 3 rings (SSSR count). The molecule has 1 aliphatic heterocycles. The standard InChI is InChI=1S/C14H10BrN3O2S/c15-12-7-11-5-6-18(14(11)17-9-12)21(19,20)13-3-1-10(8-16)2-4-13/h1-4,7,9H,5-6H2. The van der Waals surface area contributed by atoms with Gasteiger partial charge in [-0.05, 0) is 58.2 Å². The molecule has 0 saturated heterocycles. The van der Waals surface area contributed by atoms with E-state index in [0.717, 1.165) is 10.0 Å². The summed E-state index contributed by atoms with van der Waals surface area (Å²) in [5, 5.41) is 8.77. The lowest BCUT2D eigenvalue weighted by molar-refractivity contribution is 0.592. The molecular formula is C14H10BrN3O2S. The van der Waals surface area contributed by atoms with Crippen LogP contribution in [0, 0.1) is 11.3 Å². The van der Waals surface area contributed by atoms with Crippen LogP contribution in [0.4, 0.5) is 5.82 Å². The minimum Gasteiger partial charge on any atom is -0.249 e. The number of aromatic nitrogens is 1. The third-order valence-corrected chi connectivity index (χ3v) is 5.54. The molecule has 7 heteroatoms. The zero-order valence-corrected chi connectivity index (χ0v) is 13.2. The van der Waals surface area contributed by atoms with Crippen molar-refractivity contribution >= 4 is 31.8 Å². The highest BCUT2D eigenvalue weighted by Crippen LogP contribution is 2.32. The predicted molar refractivity (Wildman–Crippen MR) is 81.3 cm³/mol.